The van der Waals surface area contributed by atoms with Crippen molar-refractivity contribution in [3.63, 3.8) is 0 Å². The molecule has 1 atom stereocenters. The predicted octanol–water partition coefficient (Wildman–Crippen LogP) is 2.77. The summed E-state index contributed by atoms with van der Waals surface area (Å²) in [6, 6.07) is 5.08. The summed E-state index contributed by atoms with van der Waals surface area (Å²) in [5.41, 5.74) is 5.54. The summed E-state index contributed by atoms with van der Waals surface area (Å²) in [7, 11) is 1.52. The van der Waals surface area contributed by atoms with Crippen LogP contribution in [0.25, 0.3) is 0 Å². The van der Waals surface area contributed by atoms with E-state index in [2.05, 4.69) is 0 Å². The molecule has 6 nitrogen and oxygen atoms in total. The summed E-state index contributed by atoms with van der Waals surface area (Å²) in [4.78, 5) is 24.5. The van der Waals surface area contributed by atoms with Crippen molar-refractivity contribution < 1.29 is 19.4 Å². The summed E-state index contributed by atoms with van der Waals surface area (Å²) in [5, 5.41) is 9.89. The van der Waals surface area contributed by atoms with Gasteiger partial charge in [-0.15, -0.1) is 0 Å². The number of hydrogen-bond donors (Lipinski definition) is 2. The second-order valence-corrected chi connectivity index (χ2v) is 6.76. The SMILES string of the molecule is COc1ccc(Cl)cc1C[C@H](CN(C(=O)O)C(C)(C)C)C(N)=O. The number of rotatable bonds is 6. The fourth-order valence-corrected chi connectivity index (χ4v) is 2.48. The van der Waals surface area contributed by atoms with E-state index in [1.54, 1.807) is 39.0 Å². The molecule has 0 fully saturated rings. The molecule has 23 heavy (non-hydrogen) atoms. The van der Waals surface area contributed by atoms with Gasteiger partial charge in [-0.1, -0.05) is 11.6 Å². The number of ether oxygens (including phenoxy) is 1. The first-order valence-corrected chi connectivity index (χ1v) is 7.56. The highest BCUT2D eigenvalue weighted by atomic mass is 35.5. The lowest BCUT2D eigenvalue weighted by Crippen LogP contribution is -2.49. The van der Waals surface area contributed by atoms with Gasteiger partial charge in [-0.3, -0.25) is 4.79 Å². The molecule has 0 aliphatic heterocycles. The fourth-order valence-electron chi connectivity index (χ4n) is 2.29. The molecule has 3 N–H and O–H groups in total. The number of carboxylic acid groups (broad SMARTS) is 1. The van der Waals surface area contributed by atoms with Crippen LogP contribution >= 0.6 is 11.6 Å². The van der Waals surface area contributed by atoms with Gasteiger partial charge in [0.25, 0.3) is 0 Å². The van der Waals surface area contributed by atoms with Crippen LogP contribution in [-0.2, 0) is 11.2 Å². The second-order valence-electron chi connectivity index (χ2n) is 6.32. The first-order valence-electron chi connectivity index (χ1n) is 7.18. The van der Waals surface area contributed by atoms with E-state index in [1.165, 1.54) is 12.0 Å². The van der Waals surface area contributed by atoms with Crippen LogP contribution in [0.3, 0.4) is 0 Å². The molecule has 1 aromatic rings. The molecule has 7 heteroatoms. The largest absolute Gasteiger partial charge is 0.496 e. The van der Waals surface area contributed by atoms with Crippen molar-refractivity contribution >= 4 is 23.6 Å². The summed E-state index contributed by atoms with van der Waals surface area (Å²) in [5.74, 6) is -0.668. The molecule has 0 bridgehead atoms. The van der Waals surface area contributed by atoms with Crippen LogP contribution in [0.4, 0.5) is 4.79 Å². The second kappa shape index (κ2) is 7.55. The normalized spacial score (nSPS) is 12.6. The van der Waals surface area contributed by atoms with Crippen molar-refractivity contribution in [1.29, 1.82) is 0 Å². The Bertz CT molecular complexity index is 584. The Morgan fingerprint density at radius 1 is 1.39 bits per heavy atom. The first kappa shape index (κ1) is 19.1. The summed E-state index contributed by atoms with van der Waals surface area (Å²) < 4.78 is 5.26. The average Bonchev–Trinajstić information content (AvgIpc) is 2.41. The third kappa shape index (κ3) is 5.32. The molecule has 1 rings (SSSR count). The molecular weight excluding hydrogens is 320 g/mol. The molecule has 0 saturated carbocycles. The third-order valence-corrected chi connectivity index (χ3v) is 3.79. The van der Waals surface area contributed by atoms with Crippen LogP contribution in [0.2, 0.25) is 5.02 Å². The number of amides is 2. The third-order valence-electron chi connectivity index (χ3n) is 3.55. The molecule has 0 aliphatic rings. The van der Waals surface area contributed by atoms with Crippen molar-refractivity contribution in [3.05, 3.63) is 28.8 Å². The molecular formula is C16H23ClN2O4. The number of primary amides is 1. The van der Waals surface area contributed by atoms with Gasteiger partial charge in [-0.2, -0.15) is 0 Å². The van der Waals surface area contributed by atoms with Crippen molar-refractivity contribution in [2.24, 2.45) is 11.7 Å². The Morgan fingerprint density at radius 2 is 2.00 bits per heavy atom. The van der Waals surface area contributed by atoms with Crippen molar-refractivity contribution in [2.45, 2.75) is 32.7 Å². The highest BCUT2D eigenvalue weighted by Crippen LogP contribution is 2.26. The topological polar surface area (TPSA) is 92.9 Å². The van der Waals surface area contributed by atoms with Gasteiger partial charge in [0.05, 0.1) is 13.0 Å². The van der Waals surface area contributed by atoms with Crippen LogP contribution in [0.1, 0.15) is 26.3 Å². The minimum absolute atomic E-state index is 0.00380. The minimum atomic E-state index is -1.10. The number of carbonyl (C=O) groups is 2. The highest BCUT2D eigenvalue weighted by molar-refractivity contribution is 6.30. The number of nitrogens with zero attached hydrogens (tertiary/aromatic N) is 1. The molecule has 0 heterocycles. The van der Waals surface area contributed by atoms with E-state index in [9.17, 15) is 14.7 Å². The number of methoxy groups -OCH3 is 1. The monoisotopic (exact) mass is 342 g/mol. The summed E-state index contributed by atoms with van der Waals surface area (Å²) in [6.45, 7) is 5.29. The molecule has 0 saturated heterocycles. The lowest BCUT2D eigenvalue weighted by molar-refractivity contribution is -0.122. The van der Waals surface area contributed by atoms with E-state index in [-0.39, 0.29) is 13.0 Å². The first-order chi connectivity index (χ1) is 10.6. The Balaban J connectivity index is 3.07. The van der Waals surface area contributed by atoms with Gasteiger partial charge in [0.1, 0.15) is 5.75 Å². The van der Waals surface area contributed by atoms with Gasteiger partial charge >= 0.3 is 6.09 Å². The average molecular weight is 343 g/mol. The van der Waals surface area contributed by atoms with E-state index >= 15 is 0 Å². The predicted molar refractivity (Wildman–Crippen MR) is 88.9 cm³/mol. The van der Waals surface area contributed by atoms with E-state index in [0.717, 1.165) is 0 Å². The van der Waals surface area contributed by atoms with E-state index in [1.807, 2.05) is 0 Å². The standard InChI is InChI=1S/C16H23ClN2O4/c1-16(2,3)19(15(21)22)9-11(14(18)20)7-10-8-12(17)5-6-13(10)23-4/h5-6,8,11H,7,9H2,1-4H3,(H2,18,20)(H,21,22)/t11-/m1/s1. The molecule has 1 aromatic carbocycles. The van der Waals surface area contributed by atoms with Gasteiger partial charge in [-0.05, 0) is 51.0 Å². The summed E-state index contributed by atoms with van der Waals surface area (Å²) in [6.07, 6.45) is -0.847. The van der Waals surface area contributed by atoms with Gasteiger partial charge in [0.2, 0.25) is 5.91 Å². The van der Waals surface area contributed by atoms with E-state index in [4.69, 9.17) is 22.1 Å². The maximum absolute atomic E-state index is 11.8. The van der Waals surface area contributed by atoms with Gasteiger partial charge < -0.3 is 20.5 Å². The Kier molecular flexibility index (Phi) is 6.27. The Labute approximate surface area is 141 Å². The van der Waals surface area contributed by atoms with Crippen molar-refractivity contribution in [1.82, 2.24) is 4.90 Å². The fraction of sp³-hybridized carbons (Fsp3) is 0.500. The Morgan fingerprint density at radius 3 is 2.43 bits per heavy atom. The lowest BCUT2D eigenvalue weighted by Gasteiger charge is -2.35. The molecule has 0 aromatic heterocycles. The Hall–Kier alpha value is -1.95. The molecule has 0 aliphatic carbocycles. The summed E-state index contributed by atoms with van der Waals surface area (Å²) >= 11 is 5.99. The van der Waals surface area contributed by atoms with Crippen LogP contribution < -0.4 is 10.5 Å². The number of hydrogen-bond acceptors (Lipinski definition) is 3. The zero-order chi connectivity index (χ0) is 17.8. The maximum Gasteiger partial charge on any atom is 0.407 e. The highest BCUT2D eigenvalue weighted by Gasteiger charge is 2.31. The molecule has 0 radical (unpaired) electrons. The van der Waals surface area contributed by atoms with Gasteiger partial charge in [0.15, 0.2) is 0 Å². The number of halogens is 1. The van der Waals surface area contributed by atoms with Gasteiger partial charge in [-0.25, -0.2) is 4.79 Å². The smallest absolute Gasteiger partial charge is 0.407 e. The number of carbonyl (C=O) groups excluding carboxylic acids is 1. The molecule has 0 spiro atoms. The number of benzene rings is 1. The van der Waals surface area contributed by atoms with Crippen LogP contribution in [-0.4, -0.2) is 41.2 Å². The quantitative estimate of drug-likeness (QED) is 0.831. The maximum atomic E-state index is 11.8. The molecule has 0 unspecified atom stereocenters. The molecule has 2 amide bonds. The minimum Gasteiger partial charge on any atom is -0.496 e. The van der Waals surface area contributed by atoms with Crippen molar-refractivity contribution in [2.75, 3.05) is 13.7 Å². The van der Waals surface area contributed by atoms with E-state index in [0.29, 0.717) is 16.3 Å². The number of nitrogens with two attached hydrogens (primary N) is 1. The van der Waals surface area contributed by atoms with Crippen LogP contribution in [0, 0.1) is 5.92 Å². The zero-order valence-corrected chi connectivity index (χ0v) is 14.6. The zero-order valence-electron chi connectivity index (χ0n) is 13.8. The van der Waals surface area contributed by atoms with Crippen LogP contribution in [0.5, 0.6) is 5.75 Å². The van der Waals surface area contributed by atoms with Crippen molar-refractivity contribution in [3.8, 4) is 5.75 Å². The van der Waals surface area contributed by atoms with Gasteiger partial charge in [0, 0.05) is 17.1 Å². The van der Waals surface area contributed by atoms with E-state index < -0.39 is 23.5 Å². The van der Waals surface area contributed by atoms with Crippen LogP contribution in [0.15, 0.2) is 18.2 Å². The molecule has 128 valence electrons. The lowest BCUT2D eigenvalue weighted by atomic mass is 9.95.